The number of nitrogen functional groups attached to an aromatic ring is 1. The second kappa shape index (κ2) is 4.44. The van der Waals surface area contributed by atoms with E-state index in [0.717, 1.165) is 0 Å². The Morgan fingerprint density at radius 3 is 3.00 bits per heavy atom. The Bertz CT molecular complexity index is 422. The number of halogens is 1. The lowest BCUT2D eigenvalue weighted by Gasteiger charge is -1.95. The highest BCUT2D eigenvalue weighted by molar-refractivity contribution is 6.28. The van der Waals surface area contributed by atoms with Gasteiger partial charge in [-0.25, -0.2) is 9.78 Å². The molecule has 0 fully saturated rings. The second-order valence-electron chi connectivity index (χ2n) is 2.18. The number of anilines is 1. The first kappa shape index (κ1) is 10.3. The van der Waals surface area contributed by atoms with E-state index in [0.29, 0.717) is 5.56 Å². The maximum atomic E-state index is 10.7. The van der Waals surface area contributed by atoms with Crippen LogP contribution in [0.3, 0.4) is 0 Å². The lowest BCUT2D eigenvalue weighted by Crippen LogP contribution is -1.98. The lowest BCUT2D eigenvalue weighted by molar-refractivity contribution is -0.133. The van der Waals surface area contributed by atoms with Gasteiger partial charge in [0.2, 0.25) is 5.28 Å². The molecule has 5 nitrogen and oxygen atoms in total. The van der Waals surface area contributed by atoms with E-state index in [1.54, 1.807) is 0 Å². The van der Waals surface area contributed by atoms with Gasteiger partial charge in [0.15, 0.2) is 0 Å². The summed E-state index contributed by atoms with van der Waals surface area (Å²) in [6.07, 6.45) is 1.33. The van der Waals surface area contributed by atoms with Crippen molar-refractivity contribution in [2.75, 3.05) is 12.8 Å². The highest BCUT2D eigenvalue weighted by Crippen LogP contribution is 2.08. The van der Waals surface area contributed by atoms with Crippen molar-refractivity contribution in [1.82, 2.24) is 9.97 Å². The van der Waals surface area contributed by atoms with Crippen LogP contribution < -0.4 is 5.73 Å². The summed E-state index contributed by atoms with van der Waals surface area (Å²) in [6.45, 7) is 0. The molecule has 0 aliphatic heterocycles. The summed E-state index contributed by atoms with van der Waals surface area (Å²) in [6, 6.07) is 0. The zero-order valence-corrected chi connectivity index (χ0v) is 8.00. The van der Waals surface area contributed by atoms with Crippen LogP contribution in [-0.2, 0) is 9.53 Å². The Morgan fingerprint density at radius 1 is 1.71 bits per heavy atom. The fraction of sp³-hybridized carbons (Fsp3) is 0.125. The number of carbonyl (C=O) groups is 1. The van der Waals surface area contributed by atoms with Gasteiger partial charge in [-0.15, -0.1) is 0 Å². The van der Waals surface area contributed by atoms with E-state index in [2.05, 4.69) is 26.5 Å². The molecule has 0 saturated carbocycles. The van der Waals surface area contributed by atoms with E-state index in [4.69, 9.17) is 17.3 Å². The number of aromatic nitrogens is 2. The van der Waals surface area contributed by atoms with Crippen LogP contribution >= 0.6 is 11.6 Å². The highest BCUT2D eigenvalue weighted by atomic mass is 35.5. The highest BCUT2D eigenvalue weighted by Gasteiger charge is 1.99. The molecule has 0 aromatic carbocycles. The van der Waals surface area contributed by atoms with E-state index in [1.165, 1.54) is 13.3 Å². The molecule has 1 aromatic rings. The van der Waals surface area contributed by atoms with Gasteiger partial charge in [-0.1, -0.05) is 0 Å². The monoisotopic (exact) mass is 211 g/mol. The summed E-state index contributed by atoms with van der Waals surface area (Å²) in [7, 11) is 1.23. The van der Waals surface area contributed by atoms with Gasteiger partial charge < -0.3 is 10.5 Å². The third-order valence-corrected chi connectivity index (χ3v) is 1.46. The van der Waals surface area contributed by atoms with E-state index >= 15 is 0 Å². The molecule has 0 saturated heterocycles. The number of ether oxygens (including phenoxy) is 1. The van der Waals surface area contributed by atoms with Crippen LogP contribution in [0.4, 0.5) is 5.82 Å². The molecule has 1 rings (SSSR count). The van der Waals surface area contributed by atoms with Crippen molar-refractivity contribution in [2.45, 2.75) is 0 Å². The number of hydrogen-bond donors (Lipinski definition) is 1. The number of methoxy groups -OCH3 is 1. The van der Waals surface area contributed by atoms with Crippen LogP contribution in [0.1, 0.15) is 5.56 Å². The number of rotatable bonds is 0. The average molecular weight is 212 g/mol. The van der Waals surface area contributed by atoms with Crippen molar-refractivity contribution in [1.29, 1.82) is 0 Å². The van der Waals surface area contributed by atoms with Crippen molar-refractivity contribution in [3.8, 4) is 11.8 Å². The second-order valence-corrected chi connectivity index (χ2v) is 2.52. The van der Waals surface area contributed by atoms with Crippen molar-refractivity contribution in [3.05, 3.63) is 17.0 Å². The Kier molecular flexibility index (Phi) is 3.26. The first-order valence-electron chi connectivity index (χ1n) is 3.51. The number of esters is 1. The minimum Gasteiger partial charge on any atom is -0.459 e. The number of carbonyl (C=O) groups excluding carboxylic acids is 1. The summed E-state index contributed by atoms with van der Waals surface area (Å²) in [5.41, 5.74) is 5.79. The molecule has 0 unspecified atom stereocenters. The van der Waals surface area contributed by atoms with Crippen LogP contribution in [-0.4, -0.2) is 23.0 Å². The first-order valence-corrected chi connectivity index (χ1v) is 3.89. The number of nitrogens with two attached hydrogens (primary N) is 1. The number of hydrogen-bond acceptors (Lipinski definition) is 5. The molecule has 6 heteroatoms. The normalized spacial score (nSPS) is 8.71. The van der Waals surface area contributed by atoms with Gasteiger partial charge in [-0.2, -0.15) is 4.98 Å². The molecule has 0 aliphatic carbocycles. The minimum absolute atomic E-state index is 0.0334. The van der Waals surface area contributed by atoms with Crippen LogP contribution in [0.15, 0.2) is 6.20 Å². The van der Waals surface area contributed by atoms with Crippen LogP contribution in [0.25, 0.3) is 0 Å². The molecule has 0 amide bonds. The van der Waals surface area contributed by atoms with Crippen molar-refractivity contribution < 1.29 is 9.53 Å². The fourth-order valence-corrected chi connectivity index (χ4v) is 0.778. The van der Waals surface area contributed by atoms with Crippen molar-refractivity contribution in [3.63, 3.8) is 0 Å². The summed E-state index contributed by atoms with van der Waals surface area (Å²) in [5.74, 6) is 4.13. The molecule has 72 valence electrons. The van der Waals surface area contributed by atoms with E-state index in [1.807, 2.05) is 0 Å². The molecule has 0 spiro atoms. The van der Waals surface area contributed by atoms with Crippen molar-refractivity contribution in [2.24, 2.45) is 0 Å². The minimum atomic E-state index is -0.653. The maximum absolute atomic E-state index is 10.7. The van der Waals surface area contributed by atoms with Crippen LogP contribution in [0.2, 0.25) is 5.28 Å². The maximum Gasteiger partial charge on any atom is 0.384 e. The predicted octanol–water partition coefficient (Wildman–Crippen LogP) is 0.237. The van der Waals surface area contributed by atoms with Crippen LogP contribution in [0.5, 0.6) is 0 Å². The molecule has 0 aliphatic rings. The molecule has 1 heterocycles. The van der Waals surface area contributed by atoms with Crippen molar-refractivity contribution >= 4 is 23.4 Å². The Hall–Kier alpha value is -1.80. The van der Waals surface area contributed by atoms with Gasteiger partial charge in [0, 0.05) is 12.1 Å². The molecule has 14 heavy (non-hydrogen) atoms. The van der Waals surface area contributed by atoms with E-state index < -0.39 is 5.97 Å². The Labute approximate surface area is 85.2 Å². The summed E-state index contributed by atoms with van der Waals surface area (Å²) in [4.78, 5) is 18.0. The third-order valence-electron chi connectivity index (χ3n) is 1.27. The standard InChI is InChI=1S/C8H6ClN3O2/c1-14-6(13)3-2-5-4-11-8(9)12-7(5)10/h4H,1H3,(H2,10,11,12). The largest absolute Gasteiger partial charge is 0.459 e. The van der Waals surface area contributed by atoms with Gasteiger partial charge in [-0.05, 0) is 17.5 Å². The predicted molar refractivity (Wildman–Crippen MR) is 50.3 cm³/mol. The summed E-state index contributed by atoms with van der Waals surface area (Å²) < 4.78 is 4.32. The first-order chi connectivity index (χ1) is 6.63. The molecule has 0 bridgehead atoms. The molecular weight excluding hydrogens is 206 g/mol. The molecular formula is C8H6ClN3O2. The zero-order chi connectivity index (χ0) is 10.6. The molecule has 0 atom stereocenters. The Morgan fingerprint density at radius 2 is 2.43 bits per heavy atom. The quantitative estimate of drug-likeness (QED) is 0.378. The lowest BCUT2D eigenvalue weighted by atomic mass is 10.3. The van der Waals surface area contributed by atoms with Gasteiger partial charge in [0.05, 0.1) is 12.7 Å². The average Bonchev–Trinajstić information content (AvgIpc) is 2.16. The van der Waals surface area contributed by atoms with Gasteiger partial charge in [0.25, 0.3) is 0 Å². The van der Waals surface area contributed by atoms with Gasteiger partial charge >= 0.3 is 5.97 Å². The van der Waals surface area contributed by atoms with Gasteiger partial charge in [-0.3, -0.25) is 0 Å². The molecule has 0 radical (unpaired) electrons. The Balaban J connectivity index is 2.96. The smallest absolute Gasteiger partial charge is 0.384 e. The third kappa shape index (κ3) is 2.61. The zero-order valence-electron chi connectivity index (χ0n) is 7.24. The summed E-state index contributed by atoms with van der Waals surface area (Å²) in [5, 5.41) is 0.0334. The fourth-order valence-electron chi connectivity index (χ4n) is 0.638. The SMILES string of the molecule is COC(=O)C#Cc1cnc(Cl)nc1N. The van der Waals surface area contributed by atoms with Gasteiger partial charge in [0.1, 0.15) is 5.82 Å². The van der Waals surface area contributed by atoms with E-state index in [-0.39, 0.29) is 11.1 Å². The van der Waals surface area contributed by atoms with E-state index in [9.17, 15) is 4.79 Å². The molecule has 2 N–H and O–H groups in total. The topological polar surface area (TPSA) is 78.1 Å². The molecule has 1 aromatic heterocycles. The number of nitrogens with zero attached hydrogens (tertiary/aromatic N) is 2. The summed E-state index contributed by atoms with van der Waals surface area (Å²) >= 11 is 5.46. The van der Waals surface area contributed by atoms with Crippen LogP contribution in [0, 0.1) is 11.8 Å².